The summed E-state index contributed by atoms with van der Waals surface area (Å²) in [7, 11) is 0. The van der Waals surface area contributed by atoms with Crippen molar-refractivity contribution < 1.29 is 18.3 Å². The highest BCUT2D eigenvalue weighted by atomic mass is 19.3. The third-order valence-corrected chi connectivity index (χ3v) is 4.36. The number of carbonyl (C=O) groups excluding carboxylic acids is 1. The first-order valence-electron chi connectivity index (χ1n) is 7.46. The van der Waals surface area contributed by atoms with Gasteiger partial charge in [0.15, 0.2) is 0 Å². The molecule has 0 saturated carbocycles. The van der Waals surface area contributed by atoms with Crippen molar-refractivity contribution in [1.29, 1.82) is 0 Å². The molecule has 1 N–H and O–H groups in total. The lowest BCUT2D eigenvalue weighted by atomic mass is 9.89. The summed E-state index contributed by atoms with van der Waals surface area (Å²) in [5.74, 6) is -3.91. The van der Waals surface area contributed by atoms with E-state index in [0.29, 0.717) is 13.0 Å². The van der Waals surface area contributed by atoms with Crippen LogP contribution in [0.2, 0.25) is 0 Å². The number of fused-ring (bicyclic) bond motifs is 3. The van der Waals surface area contributed by atoms with Crippen LogP contribution in [-0.2, 0) is 17.6 Å². The Morgan fingerprint density at radius 2 is 2.24 bits per heavy atom. The maximum Gasteiger partial charge on any atom is 0.325 e. The number of halogens is 2. The Labute approximate surface area is 122 Å². The lowest BCUT2D eigenvalue weighted by molar-refractivity contribution is -0.147. The molecular weight excluding hydrogens is 276 g/mol. The Morgan fingerprint density at radius 3 is 3.00 bits per heavy atom. The number of amides is 1. The van der Waals surface area contributed by atoms with Crippen LogP contribution >= 0.6 is 0 Å². The molecule has 0 bridgehead atoms. The fraction of sp³-hybridized carbons (Fsp3) is 0.562. The van der Waals surface area contributed by atoms with Gasteiger partial charge in [0.25, 0.3) is 5.91 Å². The van der Waals surface area contributed by atoms with E-state index in [1.807, 2.05) is 12.1 Å². The minimum atomic E-state index is -3.32. The molecule has 0 aromatic heterocycles. The van der Waals surface area contributed by atoms with E-state index in [0.717, 1.165) is 35.3 Å². The van der Waals surface area contributed by atoms with Gasteiger partial charge in [0.1, 0.15) is 5.75 Å². The van der Waals surface area contributed by atoms with E-state index in [9.17, 15) is 13.6 Å². The molecule has 0 radical (unpaired) electrons. The average molecular weight is 295 g/mol. The van der Waals surface area contributed by atoms with Crippen LogP contribution < -0.4 is 10.1 Å². The number of rotatable bonds is 4. The van der Waals surface area contributed by atoms with Gasteiger partial charge in [-0.25, -0.2) is 0 Å². The summed E-state index contributed by atoms with van der Waals surface area (Å²) >= 11 is 0. The smallest absolute Gasteiger partial charge is 0.325 e. The first-order chi connectivity index (χ1) is 10.0. The Kier molecular flexibility index (Phi) is 3.59. The van der Waals surface area contributed by atoms with E-state index in [2.05, 4.69) is 5.32 Å². The predicted molar refractivity (Wildman–Crippen MR) is 75.0 cm³/mol. The second-order valence-corrected chi connectivity index (χ2v) is 5.72. The Balaban J connectivity index is 1.85. The lowest BCUT2D eigenvalue weighted by Gasteiger charge is -2.21. The second-order valence-electron chi connectivity index (χ2n) is 5.72. The van der Waals surface area contributed by atoms with E-state index >= 15 is 0 Å². The van der Waals surface area contributed by atoms with Gasteiger partial charge in [-0.15, -0.1) is 0 Å². The molecule has 0 saturated heterocycles. The van der Waals surface area contributed by atoms with Crippen molar-refractivity contribution in [2.75, 3.05) is 13.2 Å². The number of aryl methyl sites for hydroxylation is 1. The molecule has 1 atom stereocenters. The number of nitrogens with one attached hydrogen (secondary N) is 1. The summed E-state index contributed by atoms with van der Waals surface area (Å²) in [6.07, 6.45) is 1.85. The van der Waals surface area contributed by atoms with Crippen LogP contribution in [-0.4, -0.2) is 25.0 Å². The standard InChI is InChI=1S/C16H19F2NO2/c1-2-19-15(20)16(17,18)9-11-4-3-10-5-6-13-12(14(10)11)7-8-21-13/h5-6,11H,2-4,7-9H2,1H3,(H,19,20). The average Bonchev–Trinajstić information content (AvgIpc) is 3.04. The first-order valence-corrected chi connectivity index (χ1v) is 7.46. The molecule has 0 spiro atoms. The third-order valence-electron chi connectivity index (χ3n) is 4.36. The molecule has 2 aliphatic rings. The van der Waals surface area contributed by atoms with E-state index in [1.54, 1.807) is 6.92 Å². The Bertz CT molecular complexity index is 572. The van der Waals surface area contributed by atoms with Crippen LogP contribution in [0.5, 0.6) is 5.75 Å². The molecule has 1 amide bonds. The normalized spacial score (nSPS) is 19.9. The molecule has 1 aromatic rings. The van der Waals surface area contributed by atoms with Crippen LogP contribution in [0.15, 0.2) is 12.1 Å². The molecular formula is C16H19F2NO2. The fourth-order valence-corrected chi connectivity index (χ4v) is 3.45. The van der Waals surface area contributed by atoms with E-state index in [-0.39, 0.29) is 12.5 Å². The second kappa shape index (κ2) is 5.28. The van der Waals surface area contributed by atoms with Gasteiger partial charge in [-0.2, -0.15) is 8.78 Å². The monoisotopic (exact) mass is 295 g/mol. The van der Waals surface area contributed by atoms with Crippen LogP contribution in [0.3, 0.4) is 0 Å². The van der Waals surface area contributed by atoms with Crippen molar-refractivity contribution in [1.82, 2.24) is 5.32 Å². The third kappa shape index (κ3) is 2.49. The van der Waals surface area contributed by atoms with Crippen molar-refractivity contribution in [2.45, 2.75) is 44.4 Å². The van der Waals surface area contributed by atoms with Gasteiger partial charge in [-0.3, -0.25) is 4.79 Å². The summed E-state index contributed by atoms with van der Waals surface area (Å²) < 4.78 is 33.6. The Morgan fingerprint density at radius 1 is 1.43 bits per heavy atom. The quantitative estimate of drug-likeness (QED) is 0.927. The topological polar surface area (TPSA) is 38.3 Å². The molecule has 0 fully saturated rings. The summed E-state index contributed by atoms with van der Waals surface area (Å²) in [6, 6.07) is 3.91. The van der Waals surface area contributed by atoms with Gasteiger partial charge in [0.05, 0.1) is 6.61 Å². The summed E-state index contributed by atoms with van der Waals surface area (Å²) in [5.41, 5.74) is 3.21. The molecule has 3 nitrogen and oxygen atoms in total. The molecule has 5 heteroatoms. The summed E-state index contributed by atoms with van der Waals surface area (Å²) in [6.45, 7) is 2.48. The molecule has 1 aromatic carbocycles. The predicted octanol–water partition coefficient (Wildman–Crippen LogP) is 2.81. The molecule has 1 unspecified atom stereocenters. The Hall–Kier alpha value is -1.65. The summed E-state index contributed by atoms with van der Waals surface area (Å²) in [4.78, 5) is 11.5. The largest absolute Gasteiger partial charge is 0.493 e. The van der Waals surface area contributed by atoms with Crippen LogP contribution in [0.1, 0.15) is 42.4 Å². The van der Waals surface area contributed by atoms with Gasteiger partial charge >= 0.3 is 5.92 Å². The van der Waals surface area contributed by atoms with Crippen molar-refractivity contribution >= 4 is 5.91 Å². The molecule has 1 heterocycles. The minimum absolute atomic E-state index is 0.221. The zero-order valence-corrected chi connectivity index (χ0v) is 12.0. The summed E-state index contributed by atoms with van der Waals surface area (Å²) in [5, 5.41) is 2.22. The van der Waals surface area contributed by atoms with Gasteiger partial charge in [0.2, 0.25) is 0 Å². The van der Waals surface area contributed by atoms with Gasteiger partial charge in [-0.05, 0) is 42.9 Å². The number of hydrogen-bond acceptors (Lipinski definition) is 2. The van der Waals surface area contributed by atoms with Crippen LogP contribution in [0, 0.1) is 0 Å². The van der Waals surface area contributed by atoms with E-state index < -0.39 is 18.3 Å². The minimum Gasteiger partial charge on any atom is -0.493 e. The van der Waals surface area contributed by atoms with Crippen molar-refractivity contribution in [2.24, 2.45) is 0 Å². The van der Waals surface area contributed by atoms with Crippen LogP contribution in [0.4, 0.5) is 8.78 Å². The zero-order valence-electron chi connectivity index (χ0n) is 12.0. The highest BCUT2D eigenvalue weighted by molar-refractivity contribution is 5.83. The van der Waals surface area contributed by atoms with E-state index in [4.69, 9.17) is 4.74 Å². The van der Waals surface area contributed by atoms with Crippen molar-refractivity contribution in [3.05, 3.63) is 28.8 Å². The number of hydrogen-bond donors (Lipinski definition) is 1. The number of benzene rings is 1. The van der Waals surface area contributed by atoms with Crippen molar-refractivity contribution in [3.63, 3.8) is 0 Å². The maximum atomic E-state index is 14.1. The molecule has 21 heavy (non-hydrogen) atoms. The van der Waals surface area contributed by atoms with Gasteiger partial charge in [0, 0.05) is 24.9 Å². The SMILES string of the molecule is CCNC(=O)C(F)(F)CC1CCc2ccc3c(c21)CCO3. The molecule has 114 valence electrons. The number of carbonyl (C=O) groups is 1. The highest BCUT2D eigenvalue weighted by Gasteiger charge is 2.43. The number of alkyl halides is 2. The molecule has 3 rings (SSSR count). The lowest BCUT2D eigenvalue weighted by Crippen LogP contribution is -2.40. The van der Waals surface area contributed by atoms with E-state index in [1.165, 1.54) is 0 Å². The van der Waals surface area contributed by atoms with Gasteiger partial charge in [-0.1, -0.05) is 6.07 Å². The molecule has 1 aliphatic carbocycles. The fourth-order valence-electron chi connectivity index (χ4n) is 3.45. The van der Waals surface area contributed by atoms with Gasteiger partial charge < -0.3 is 10.1 Å². The molecule has 1 aliphatic heterocycles. The van der Waals surface area contributed by atoms with Crippen molar-refractivity contribution in [3.8, 4) is 5.75 Å². The first kappa shape index (κ1) is 14.3. The van der Waals surface area contributed by atoms with Crippen LogP contribution in [0.25, 0.3) is 0 Å². The highest BCUT2D eigenvalue weighted by Crippen LogP contribution is 2.45. The number of ether oxygens (including phenoxy) is 1. The zero-order chi connectivity index (χ0) is 15.0. The maximum absolute atomic E-state index is 14.1.